The lowest BCUT2D eigenvalue weighted by molar-refractivity contribution is 0.153. The highest BCUT2D eigenvalue weighted by Crippen LogP contribution is 2.11. The summed E-state index contributed by atoms with van der Waals surface area (Å²) in [7, 11) is 1.71. The first-order valence-electron chi connectivity index (χ1n) is 4.54. The van der Waals surface area contributed by atoms with Crippen molar-refractivity contribution in [3.63, 3.8) is 0 Å². The Morgan fingerprint density at radius 2 is 2.50 bits per heavy atom. The summed E-state index contributed by atoms with van der Waals surface area (Å²) >= 11 is 1.76. The van der Waals surface area contributed by atoms with Crippen LogP contribution in [0.25, 0.3) is 0 Å². The van der Waals surface area contributed by atoms with Gasteiger partial charge in [0.15, 0.2) is 0 Å². The first-order valence-corrected chi connectivity index (χ1v) is 5.42. The molecule has 0 fully saturated rings. The number of hydrogen-bond acceptors (Lipinski definition) is 3. The zero-order valence-electron chi connectivity index (χ0n) is 8.40. The highest BCUT2D eigenvalue weighted by atomic mass is 32.1. The standard InChI is InChI=1S/C11H15NOS/c1-3-6-12(7-8-13-2)10-11-5-4-9-14-11/h1,4-5,9H,6-8,10H2,2H3. The van der Waals surface area contributed by atoms with Crippen LogP contribution in [0.15, 0.2) is 17.5 Å². The highest BCUT2D eigenvalue weighted by molar-refractivity contribution is 7.09. The largest absolute Gasteiger partial charge is 0.383 e. The lowest BCUT2D eigenvalue weighted by Crippen LogP contribution is -2.26. The van der Waals surface area contributed by atoms with Gasteiger partial charge in [0.1, 0.15) is 0 Å². The molecular formula is C11H15NOS. The Kier molecular flexibility index (Phi) is 5.31. The van der Waals surface area contributed by atoms with Gasteiger partial charge in [-0.25, -0.2) is 0 Å². The predicted octanol–water partition coefficient (Wildman–Crippen LogP) is 1.83. The Hall–Kier alpha value is -0.820. The molecule has 0 unspecified atom stereocenters. The number of thiophene rings is 1. The maximum absolute atomic E-state index is 5.30. The van der Waals surface area contributed by atoms with Crippen LogP contribution in [0.3, 0.4) is 0 Å². The smallest absolute Gasteiger partial charge is 0.0603 e. The van der Waals surface area contributed by atoms with Crippen molar-refractivity contribution in [2.75, 3.05) is 26.8 Å². The molecule has 0 atom stereocenters. The Morgan fingerprint density at radius 1 is 1.64 bits per heavy atom. The number of hydrogen-bond donors (Lipinski definition) is 0. The summed E-state index contributed by atoms with van der Waals surface area (Å²) < 4.78 is 5.03. The minimum absolute atomic E-state index is 0.682. The Balaban J connectivity index is 2.39. The van der Waals surface area contributed by atoms with Crippen LogP contribution in [0.4, 0.5) is 0 Å². The van der Waals surface area contributed by atoms with Gasteiger partial charge in [0.25, 0.3) is 0 Å². The maximum Gasteiger partial charge on any atom is 0.0603 e. The molecule has 2 nitrogen and oxygen atoms in total. The van der Waals surface area contributed by atoms with E-state index < -0.39 is 0 Å². The Labute approximate surface area is 89.5 Å². The summed E-state index contributed by atoms with van der Waals surface area (Å²) in [6, 6.07) is 4.19. The van der Waals surface area contributed by atoms with Crippen molar-refractivity contribution in [1.29, 1.82) is 0 Å². The van der Waals surface area contributed by atoms with Crippen LogP contribution in [0.5, 0.6) is 0 Å². The molecule has 0 radical (unpaired) electrons. The van der Waals surface area contributed by atoms with Crippen LogP contribution in [0, 0.1) is 12.3 Å². The summed E-state index contributed by atoms with van der Waals surface area (Å²) in [6.45, 7) is 3.22. The van der Waals surface area contributed by atoms with E-state index in [0.717, 1.165) is 19.7 Å². The molecule has 0 saturated heterocycles. The number of terminal acetylenes is 1. The van der Waals surface area contributed by atoms with Gasteiger partial charge in [-0.2, -0.15) is 0 Å². The summed E-state index contributed by atoms with van der Waals surface area (Å²) in [5.41, 5.74) is 0. The molecule has 0 spiro atoms. The van der Waals surface area contributed by atoms with Crippen molar-refractivity contribution in [3.05, 3.63) is 22.4 Å². The zero-order chi connectivity index (χ0) is 10.2. The summed E-state index contributed by atoms with van der Waals surface area (Å²) in [4.78, 5) is 3.55. The molecular weight excluding hydrogens is 194 g/mol. The fourth-order valence-corrected chi connectivity index (χ4v) is 1.93. The van der Waals surface area contributed by atoms with E-state index in [2.05, 4.69) is 28.3 Å². The van der Waals surface area contributed by atoms with Crippen LogP contribution in [-0.2, 0) is 11.3 Å². The van der Waals surface area contributed by atoms with Crippen molar-refractivity contribution < 1.29 is 4.74 Å². The molecule has 3 heteroatoms. The molecule has 0 aliphatic rings. The van der Waals surface area contributed by atoms with Gasteiger partial charge in [-0.1, -0.05) is 12.0 Å². The van der Waals surface area contributed by atoms with Gasteiger partial charge in [-0.05, 0) is 11.4 Å². The van der Waals surface area contributed by atoms with Crippen LogP contribution in [-0.4, -0.2) is 31.7 Å². The van der Waals surface area contributed by atoms with Gasteiger partial charge < -0.3 is 4.74 Å². The summed E-state index contributed by atoms with van der Waals surface area (Å²) in [6.07, 6.45) is 5.30. The van der Waals surface area contributed by atoms with Crippen molar-refractivity contribution in [2.45, 2.75) is 6.54 Å². The highest BCUT2D eigenvalue weighted by Gasteiger charge is 2.04. The Bertz CT molecular complexity index is 276. The third-order valence-corrected chi connectivity index (χ3v) is 2.75. The Morgan fingerprint density at radius 3 is 3.07 bits per heavy atom. The quantitative estimate of drug-likeness (QED) is 0.663. The second-order valence-electron chi connectivity index (χ2n) is 2.99. The first-order chi connectivity index (χ1) is 6.86. The lowest BCUT2D eigenvalue weighted by Gasteiger charge is -2.17. The minimum atomic E-state index is 0.682. The van der Waals surface area contributed by atoms with Gasteiger partial charge in [0.05, 0.1) is 13.2 Å². The van der Waals surface area contributed by atoms with E-state index in [0.29, 0.717) is 6.54 Å². The monoisotopic (exact) mass is 209 g/mol. The molecule has 76 valence electrons. The van der Waals surface area contributed by atoms with Crippen LogP contribution >= 0.6 is 11.3 Å². The predicted molar refractivity (Wildman–Crippen MR) is 60.3 cm³/mol. The van der Waals surface area contributed by atoms with E-state index in [1.807, 2.05) is 0 Å². The molecule has 1 heterocycles. The van der Waals surface area contributed by atoms with E-state index in [9.17, 15) is 0 Å². The van der Waals surface area contributed by atoms with Crippen molar-refractivity contribution in [2.24, 2.45) is 0 Å². The van der Waals surface area contributed by atoms with Gasteiger partial charge in [-0.15, -0.1) is 17.8 Å². The summed E-state index contributed by atoms with van der Waals surface area (Å²) in [5.74, 6) is 2.66. The fraction of sp³-hybridized carbons (Fsp3) is 0.455. The normalized spacial score (nSPS) is 10.4. The first kappa shape index (κ1) is 11.3. The maximum atomic E-state index is 5.30. The fourth-order valence-electron chi connectivity index (χ4n) is 1.19. The summed E-state index contributed by atoms with van der Waals surface area (Å²) in [5, 5.41) is 2.08. The average molecular weight is 209 g/mol. The van der Waals surface area contributed by atoms with Gasteiger partial charge >= 0.3 is 0 Å². The van der Waals surface area contributed by atoms with E-state index in [-0.39, 0.29) is 0 Å². The van der Waals surface area contributed by atoms with Crippen molar-refractivity contribution in [3.8, 4) is 12.3 Å². The topological polar surface area (TPSA) is 12.5 Å². The van der Waals surface area contributed by atoms with E-state index in [1.165, 1.54) is 4.88 Å². The molecule has 0 saturated carbocycles. The molecule has 0 bridgehead atoms. The molecule has 0 aliphatic carbocycles. The zero-order valence-corrected chi connectivity index (χ0v) is 9.22. The number of nitrogens with zero attached hydrogens (tertiary/aromatic N) is 1. The van der Waals surface area contributed by atoms with Crippen molar-refractivity contribution >= 4 is 11.3 Å². The third kappa shape index (κ3) is 3.93. The minimum Gasteiger partial charge on any atom is -0.383 e. The van der Waals surface area contributed by atoms with Crippen LogP contribution in [0.2, 0.25) is 0 Å². The average Bonchev–Trinajstić information content (AvgIpc) is 2.67. The second-order valence-corrected chi connectivity index (χ2v) is 4.02. The molecule has 0 amide bonds. The van der Waals surface area contributed by atoms with Gasteiger partial charge in [0, 0.05) is 25.1 Å². The molecule has 14 heavy (non-hydrogen) atoms. The second kappa shape index (κ2) is 6.61. The van der Waals surface area contributed by atoms with Gasteiger partial charge in [-0.3, -0.25) is 4.90 Å². The molecule has 1 rings (SSSR count). The molecule has 1 aromatic rings. The molecule has 0 aromatic carbocycles. The SMILES string of the molecule is C#CCN(CCOC)Cc1cccs1. The van der Waals surface area contributed by atoms with E-state index in [4.69, 9.17) is 11.2 Å². The number of methoxy groups -OCH3 is 1. The van der Waals surface area contributed by atoms with E-state index in [1.54, 1.807) is 18.4 Å². The van der Waals surface area contributed by atoms with Crippen LogP contribution < -0.4 is 0 Å². The molecule has 0 N–H and O–H groups in total. The van der Waals surface area contributed by atoms with Gasteiger partial charge in [0.2, 0.25) is 0 Å². The third-order valence-electron chi connectivity index (χ3n) is 1.89. The number of ether oxygens (including phenoxy) is 1. The van der Waals surface area contributed by atoms with Crippen molar-refractivity contribution in [1.82, 2.24) is 4.90 Å². The molecule has 0 aliphatic heterocycles. The lowest BCUT2D eigenvalue weighted by atomic mass is 10.4. The molecule has 1 aromatic heterocycles. The van der Waals surface area contributed by atoms with Crippen LogP contribution in [0.1, 0.15) is 4.88 Å². The van der Waals surface area contributed by atoms with E-state index >= 15 is 0 Å². The number of rotatable bonds is 6.